The van der Waals surface area contributed by atoms with Gasteiger partial charge in [-0.1, -0.05) is 49.5 Å². The lowest BCUT2D eigenvalue weighted by molar-refractivity contribution is -0.155. The summed E-state index contributed by atoms with van der Waals surface area (Å²) >= 11 is 3.96. The van der Waals surface area contributed by atoms with E-state index in [4.69, 9.17) is 5.11 Å². The van der Waals surface area contributed by atoms with Gasteiger partial charge in [0.2, 0.25) is 0 Å². The minimum Gasteiger partial charge on any atom is -0.481 e. The summed E-state index contributed by atoms with van der Waals surface area (Å²) in [7, 11) is 0. The predicted octanol–water partition coefficient (Wildman–Crippen LogP) is 6.09. The van der Waals surface area contributed by atoms with Gasteiger partial charge in [0.25, 0.3) is 0 Å². The van der Waals surface area contributed by atoms with Crippen LogP contribution in [0.5, 0.6) is 0 Å². The number of hydrogen-bond donors (Lipinski definition) is 1. The molecule has 0 spiro atoms. The zero-order valence-electron chi connectivity index (χ0n) is 17.8. The van der Waals surface area contributed by atoms with Crippen LogP contribution >= 0.6 is 15.9 Å². The Hall–Kier alpha value is -0.380. The van der Waals surface area contributed by atoms with Crippen molar-refractivity contribution in [1.29, 1.82) is 0 Å². The van der Waals surface area contributed by atoms with Crippen molar-refractivity contribution in [2.45, 2.75) is 89.8 Å². The van der Waals surface area contributed by atoms with Crippen LogP contribution in [0.1, 0.15) is 85.0 Å². The third-order valence-electron chi connectivity index (χ3n) is 9.97. The highest BCUT2D eigenvalue weighted by Crippen LogP contribution is 2.68. The van der Waals surface area contributed by atoms with Crippen molar-refractivity contribution in [3.05, 3.63) is 0 Å². The van der Waals surface area contributed by atoms with Gasteiger partial charge in [-0.15, -0.1) is 0 Å². The Kier molecular flexibility index (Phi) is 5.51. The number of carboxylic acid groups (broad SMARTS) is 1. The molecule has 0 unspecified atom stereocenters. The lowest BCUT2D eigenvalue weighted by Crippen LogP contribution is -2.61. The molecular weight excluding hydrogens is 416 g/mol. The molecule has 1 N–H and O–H groups in total. The summed E-state index contributed by atoms with van der Waals surface area (Å²) in [5.41, 5.74) is 0.0461. The number of rotatable bonds is 4. The number of Topliss-reactive ketones (excluding diaryl/α,β-unsaturated/α-hetero) is 1. The number of carbonyl (C=O) groups is 2. The van der Waals surface area contributed by atoms with Crippen LogP contribution in [0.25, 0.3) is 0 Å². The fourth-order valence-electron chi connectivity index (χ4n) is 8.55. The van der Waals surface area contributed by atoms with Crippen molar-refractivity contribution < 1.29 is 14.7 Å². The lowest BCUT2D eigenvalue weighted by Gasteiger charge is -2.61. The summed E-state index contributed by atoms with van der Waals surface area (Å²) < 4.78 is 0. The van der Waals surface area contributed by atoms with E-state index >= 15 is 0 Å². The topological polar surface area (TPSA) is 54.4 Å². The molecule has 0 aromatic heterocycles. The van der Waals surface area contributed by atoms with E-state index in [1.807, 2.05) is 0 Å². The molecule has 4 rings (SSSR count). The highest BCUT2D eigenvalue weighted by atomic mass is 79.9. The van der Waals surface area contributed by atoms with Crippen LogP contribution in [0.3, 0.4) is 0 Å². The number of fused-ring (bicyclic) bond motifs is 5. The number of hydrogen-bond acceptors (Lipinski definition) is 2. The van der Waals surface area contributed by atoms with Gasteiger partial charge in [-0.05, 0) is 85.9 Å². The van der Waals surface area contributed by atoms with E-state index in [9.17, 15) is 9.59 Å². The Bertz CT molecular complexity index is 648. The van der Waals surface area contributed by atoms with E-state index < -0.39 is 5.97 Å². The Morgan fingerprint density at radius 3 is 2.64 bits per heavy atom. The molecule has 0 bridgehead atoms. The Morgan fingerprint density at radius 1 is 1.18 bits per heavy atom. The van der Waals surface area contributed by atoms with Gasteiger partial charge in [-0.2, -0.15) is 0 Å². The number of alkyl halides is 1. The van der Waals surface area contributed by atoms with Gasteiger partial charge in [0.15, 0.2) is 5.78 Å². The minimum atomic E-state index is -0.719. The van der Waals surface area contributed by atoms with E-state index in [0.717, 1.165) is 18.8 Å². The molecule has 0 amide bonds. The van der Waals surface area contributed by atoms with E-state index in [1.54, 1.807) is 0 Å². The van der Waals surface area contributed by atoms with Gasteiger partial charge in [0.05, 0.1) is 4.83 Å². The molecule has 9 atom stereocenters. The molecule has 4 saturated carbocycles. The van der Waals surface area contributed by atoms with Gasteiger partial charge in [-0.25, -0.2) is 0 Å². The normalized spacial score (nSPS) is 49.1. The third-order valence-corrected chi connectivity index (χ3v) is 11.0. The maximum absolute atomic E-state index is 13.9. The SMILES string of the molecule is C[C@H](CCC(=O)O)[C@@H]1CC[C@@H]2[C@@H]3CC[C@@H]4CCCC[C@]4(C)[C@H]3[C@H](Br)C(=O)[C@@]21C. The maximum Gasteiger partial charge on any atom is 0.303 e. The fourth-order valence-corrected chi connectivity index (χ4v) is 10.0. The van der Waals surface area contributed by atoms with Crippen molar-refractivity contribution >= 4 is 27.7 Å². The van der Waals surface area contributed by atoms with Crippen molar-refractivity contribution in [3.63, 3.8) is 0 Å². The Morgan fingerprint density at radius 2 is 1.93 bits per heavy atom. The molecule has 0 aromatic rings. The van der Waals surface area contributed by atoms with Gasteiger partial charge >= 0.3 is 5.97 Å². The summed E-state index contributed by atoms with van der Waals surface area (Å²) in [6, 6.07) is 0. The van der Waals surface area contributed by atoms with E-state index in [-0.39, 0.29) is 16.7 Å². The first-order valence-electron chi connectivity index (χ1n) is 11.6. The molecule has 28 heavy (non-hydrogen) atoms. The van der Waals surface area contributed by atoms with Crippen LogP contribution in [-0.2, 0) is 9.59 Å². The predicted molar refractivity (Wildman–Crippen MR) is 114 cm³/mol. The quantitative estimate of drug-likeness (QED) is 0.524. The Balaban J connectivity index is 1.63. The number of aliphatic carboxylic acids is 1. The first kappa shape index (κ1) is 20.9. The Labute approximate surface area is 178 Å². The van der Waals surface area contributed by atoms with Crippen molar-refractivity contribution in [2.24, 2.45) is 46.3 Å². The maximum atomic E-state index is 13.9. The molecule has 0 radical (unpaired) electrons. The summed E-state index contributed by atoms with van der Waals surface area (Å²) in [5, 5.41) is 9.11. The summed E-state index contributed by atoms with van der Waals surface area (Å²) in [6.07, 6.45) is 11.1. The molecule has 0 aliphatic heterocycles. The second-order valence-corrected chi connectivity index (χ2v) is 12.0. The average molecular weight is 453 g/mol. The largest absolute Gasteiger partial charge is 0.481 e. The van der Waals surface area contributed by atoms with Crippen LogP contribution in [0.15, 0.2) is 0 Å². The van der Waals surface area contributed by atoms with Crippen LogP contribution in [0, 0.1) is 46.3 Å². The number of carbonyl (C=O) groups excluding carboxylic acids is 1. The monoisotopic (exact) mass is 452 g/mol. The molecule has 4 heteroatoms. The van der Waals surface area contributed by atoms with E-state index in [2.05, 4.69) is 36.7 Å². The molecule has 0 saturated heterocycles. The summed E-state index contributed by atoms with van der Waals surface area (Å²) in [5.74, 6) is 2.80. The van der Waals surface area contributed by atoms with Crippen LogP contribution < -0.4 is 0 Å². The zero-order valence-corrected chi connectivity index (χ0v) is 19.3. The smallest absolute Gasteiger partial charge is 0.303 e. The summed E-state index contributed by atoms with van der Waals surface area (Å²) in [4.78, 5) is 25.0. The third kappa shape index (κ3) is 2.94. The number of halogens is 1. The van der Waals surface area contributed by atoms with E-state index in [1.165, 1.54) is 38.5 Å². The number of carboxylic acids is 1. The molecule has 3 nitrogen and oxygen atoms in total. The van der Waals surface area contributed by atoms with Crippen LogP contribution in [0.2, 0.25) is 0 Å². The minimum absolute atomic E-state index is 0.0167. The van der Waals surface area contributed by atoms with Crippen LogP contribution in [0.4, 0.5) is 0 Å². The van der Waals surface area contributed by atoms with Gasteiger partial charge in [-0.3, -0.25) is 9.59 Å². The highest BCUT2D eigenvalue weighted by molar-refractivity contribution is 9.10. The van der Waals surface area contributed by atoms with Crippen LogP contribution in [-0.4, -0.2) is 21.7 Å². The van der Waals surface area contributed by atoms with Crippen molar-refractivity contribution in [3.8, 4) is 0 Å². The standard InChI is InChI=1S/C24H37BrO3/c1-14(7-12-19(26)27)17-10-11-18-16-9-8-15-6-4-5-13-23(15,2)20(16)21(25)22(28)24(17,18)3/h14-18,20-21H,4-13H2,1-3H3,(H,26,27)/t14-,15+,16+,17+,18-,20-,21+,23+,24-/m1/s1. The lowest BCUT2D eigenvalue weighted by atomic mass is 9.44. The fraction of sp³-hybridized carbons (Fsp3) is 0.917. The highest BCUT2D eigenvalue weighted by Gasteiger charge is 2.66. The van der Waals surface area contributed by atoms with Gasteiger partial charge in [0, 0.05) is 11.8 Å². The first-order valence-corrected chi connectivity index (χ1v) is 12.5. The zero-order chi connectivity index (χ0) is 20.3. The molecule has 158 valence electrons. The first-order chi connectivity index (χ1) is 13.2. The second kappa shape index (κ2) is 7.39. The van der Waals surface area contributed by atoms with E-state index in [0.29, 0.717) is 47.2 Å². The van der Waals surface area contributed by atoms with Crippen molar-refractivity contribution in [2.75, 3.05) is 0 Å². The molecule has 4 aliphatic rings. The molecular formula is C24H37BrO3. The second-order valence-electron chi connectivity index (χ2n) is 11.0. The number of ketones is 1. The molecule has 0 heterocycles. The van der Waals surface area contributed by atoms with Gasteiger partial charge in [0.1, 0.15) is 0 Å². The molecule has 4 aliphatic carbocycles. The molecule has 0 aromatic carbocycles. The van der Waals surface area contributed by atoms with Crippen molar-refractivity contribution in [1.82, 2.24) is 0 Å². The average Bonchev–Trinajstić information content (AvgIpc) is 3.01. The summed E-state index contributed by atoms with van der Waals surface area (Å²) in [6.45, 7) is 6.93. The van der Waals surface area contributed by atoms with Gasteiger partial charge < -0.3 is 5.11 Å². The molecule has 4 fully saturated rings.